The lowest BCUT2D eigenvalue weighted by atomic mass is 9.85. The van der Waals surface area contributed by atoms with Gasteiger partial charge in [0, 0.05) is 29.9 Å². The molecule has 3 fully saturated rings. The number of hydrogen-bond donors (Lipinski definition) is 4. The number of halogens is 1. The number of alkyl halides is 1. The van der Waals surface area contributed by atoms with Crippen LogP contribution in [0.15, 0.2) is 24.3 Å². The van der Waals surface area contributed by atoms with E-state index < -0.39 is 41.3 Å². The number of nitrogens with one attached hydrogen (secondary N) is 4. The lowest BCUT2D eigenvalue weighted by molar-refractivity contribution is -0.144. The second kappa shape index (κ2) is 11.3. The van der Waals surface area contributed by atoms with Gasteiger partial charge in [-0.2, -0.15) is 0 Å². The largest absolute Gasteiger partial charge is 0.356 e. The Labute approximate surface area is 257 Å². The molecule has 2 aromatic rings. The van der Waals surface area contributed by atoms with Crippen LogP contribution < -0.4 is 16.0 Å². The maximum atomic E-state index is 14.3. The molecule has 10 nitrogen and oxygen atoms in total. The van der Waals surface area contributed by atoms with Gasteiger partial charge in [0.25, 0.3) is 5.91 Å². The number of carbonyl (C=O) groups is 5. The summed E-state index contributed by atoms with van der Waals surface area (Å²) in [6.45, 7) is 12.7. The molecule has 43 heavy (non-hydrogen) atoms. The van der Waals surface area contributed by atoms with Crippen LogP contribution in [0.5, 0.6) is 0 Å². The average molecular weight is 612 g/mol. The summed E-state index contributed by atoms with van der Waals surface area (Å²) >= 11 is 5.89. The fourth-order valence-electron chi connectivity index (χ4n) is 7.04. The van der Waals surface area contributed by atoms with Crippen LogP contribution in [0.25, 0.3) is 10.9 Å². The first kappa shape index (κ1) is 31.0. The molecule has 5 rings (SSSR count). The van der Waals surface area contributed by atoms with E-state index in [4.69, 9.17) is 11.6 Å². The van der Waals surface area contributed by atoms with Gasteiger partial charge in [0.1, 0.15) is 17.8 Å². The predicted molar refractivity (Wildman–Crippen MR) is 163 cm³/mol. The first-order chi connectivity index (χ1) is 20.1. The van der Waals surface area contributed by atoms with Gasteiger partial charge in [-0.05, 0) is 60.1 Å². The number of ketones is 1. The van der Waals surface area contributed by atoms with Gasteiger partial charge in [-0.25, -0.2) is 0 Å². The highest BCUT2D eigenvalue weighted by Gasteiger charge is 2.70. The Morgan fingerprint density at radius 2 is 1.88 bits per heavy atom. The first-order valence-corrected chi connectivity index (χ1v) is 15.5. The normalized spacial score (nSPS) is 25.6. The van der Waals surface area contributed by atoms with Crippen molar-refractivity contribution in [1.29, 1.82) is 0 Å². The Kier molecular flexibility index (Phi) is 8.13. The molecule has 1 aromatic heterocycles. The zero-order chi connectivity index (χ0) is 31.4. The highest BCUT2D eigenvalue weighted by atomic mass is 35.5. The van der Waals surface area contributed by atoms with Crippen LogP contribution in [0.1, 0.15) is 63.5 Å². The van der Waals surface area contributed by atoms with Crippen LogP contribution in [-0.2, 0) is 19.2 Å². The van der Waals surface area contributed by atoms with Gasteiger partial charge < -0.3 is 25.8 Å². The molecule has 232 valence electrons. The van der Waals surface area contributed by atoms with E-state index >= 15 is 0 Å². The minimum Gasteiger partial charge on any atom is -0.356 e. The van der Waals surface area contributed by atoms with Crippen molar-refractivity contribution < 1.29 is 24.0 Å². The Balaban J connectivity index is 1.38. The second-order valence-corrected chi connectivity index (χ2v) is 14.3. The number of benzene rings is 1. The summed E-state index contributed by atoms with van der Waals surface area (Å²) in [4.78, 5) is 71.4. The van der Waals surface area contributed by atoms with E-state index in [1.807, 2.05) is 45.9 Å². The quantitative estimate of drug-likeness (QED) is 0.323. The number of Topliss-reactive ketones (excluding diaryl/α,β-unsaturated/α-hetero) is 1. The van der Waals surface area contributed by atoms with Crippen molar-refractivity contribution in [2.24, 2.45) is 28.6 Å². The third-order valence-electron chi connectivity index (χ3n) is 9.80. The SMILES string of the molecule is Cc1cccc2[nH]c(C(=O)N[C@H](C(=O)N3C[C@H]4[C@@H]([C@H]3C(=O)N[C@@H](C[C@@H]3CCNC3=O)C(=O)CCl)C4(C)C)C(C)(C)C)cc12. The van der Waals surface area contributed by atoms with E-state index in [2.05, 4.69) is 34.8 Å². The predicted octanol–water partition coefficient (Wildman–Crippen LogP) is 2.92. The zero-order valence-electron chi connectivity index (χ0n) is 25.7. The molecule has 2 saturated heterocycles. The molecule has 4 amide bonds. The zero-order valence-corrected chi connectivity index (χ0v) is 26.4. The molecule has 0 radical (unpaired) electrons. The summed E-state index contributed by atoms with van der Waals surface area (Å²) in [6.07, 6.45) is 0.737. The van der Waals surface area contributed by atoms with Gasteiger partial charge in [-0.3, -0.25) is 24.0 Å². The Bertz CT molecular complexity index is 1480. The minimum absolute atomic E-state index is 0.0917. The molecule has 0 unspecified atom stereocenters. The van der Waals surface area contributed by atoms with Crippen molar-refractivity contribution in [3.8, 4) is 0 Å². The van der Waals surface area contributed by atoms with Gasteiger partial charge in [0.05, 0.1) is 11.9 Å². The molecular weight excluding hydrogens is 570 g/mol. The van der Waals surface area contributed by atoms with Gasteiger partial charge >= 0.3 is 0 Å². The third-order valence-corrected chi connectivity index (χ3v) is 10.1. The summed E-state index contributed by atoms with van der Waals surface area (Å²) in [7, 11) is 0. The molecule has 0 spiro atoms. The number of piperidine rings is 1. The van der Waals surface area contributed by atoms with Crippen LogP contribution in [0.2, 0.25) is 0 Å². The van der Waals surface area contributed by atoms with Crippen molar-refractivity contribution in [2.75, 3.05) is 19.0 Å². The summed E-state index contributed by atoms with van der Waals surface area (Å²) in [5, 5.41) is 9.51. The van der Waals surface area contributed by atoms with Crippen molar-refractivity contribution in [3.63, 3.8) is 0 Å². The lowest BCUT2D eigenvalue weighted by Crippen LogP contribution is -2.60. The average Bonchev–Trinajstić information content (AvgIpc) is 3.46. The van der Waals surface area contributed by atoms with Crippen LogP contribution in [0.3, 0.4) is 0 Å². The summed E-state index contributed by atoms with van der Waals surface area (Å²) in [6, 6.07) is 4.91. The highest BCUT2D eigenvalue weighted by Crippen LogP contribution is 2.65. The number of nitrogens with zero attached hydrogens (tertiary/aromatic N) is 1. The van der Waals surface area contributed by atoms with Gasteiger partial charge in [-0.15, -0.1) is 11.6 Å². The number of likely N-dealkylation sites (tertiary alicyclic amines) is 1. The summed E-state index contributed by atoms with van der Waals surface area (Å²) in [5.74, 6) is -2.36. The van der Waals surface area contributed by atoms with E-state index in [0.29, 0.717) is 25.2 Å². The van der Waals surface area contributed by atoms with Gasteiger partial charge in [0.2, 0.25) is 17.7 Å². The van der Waals surface area contributed by atoms with Crippen LogP contribution in [-0.4, -0.2) is 76.4 Å². The number of aromatic nitrogens is 1. The number of amides is 4. The van der Waals surface area contributed by atoms with E-state index in [9.17, 15) is 24.0 Å². The smallest absolute Gasteiger partial charge is 0.268 e. The number of aromatic amines is 1. The fourth-order valence-corrected chi connectivity index (χ4v) is 7.23. The maximum Gasteiger partial charge on any atom is 0.268 e. The van der Waals surface area contributed by atoms with Crippen LogP contribution >= 0.6 is 11.6 Å². The maximum absolute atomic E-state index is 14.3. The molecule has 1 saturated carbocycles. The molecule has 0 bridgehead atoms. The Hall–Kier alpha value is -3.40. The van der Waals surface area contributed by atoms with E-state index in [0.717, 1.165) is 16.5 Å². The van der Waals surface area contributed by atoms with Crippen molar-refractivity contribution in [3.05, 3.63) is 35.5 Å². The second-order valence-electron chi connectivity index (χ2n) is 14.1. The monoisotopic (exact) mass is 611 g/mol. The highest BCUT2D eigenvalue weighted by molar-refractivity contribution is 6.28. The summed E-state index contributed by atoms with van der Waals surface area (Å²) in [5.41, 5.74) is 1.40. The number of aryl methyl sites for hydroxylation is 1. The summed E-state index contributed by atoms with van der Waals surface area (Å²) < 4.78 is 0. The first-order valence-electron chi connectivity index (χ1n) is 15.0. The topological polar surface area (TPSA) is 140 Å². The molecule has 11 heteroatoms. The number of fused-ring (bicyclic) bond motifs is 2. The minimum atomic E-state index is -0.930. The van der Waals surface area contributed by atoms with Gasteiger partial charge in [-0.1, -0.05) is 46.8 Å². The Morgan fingerprint density at radius 1 is 1.16 bits per heavy atom. The molecule has 1 aliphatic carbocycles. The molecule has 1 aromatic carbocycles. The number of hydrogen-bond acceptors (Lipinski definition) is 5. The Morgan fingerprint density at radius 3 is 2.49 bits per heavy atom. The van der Waals surface area contributed by atoms with Crippen LogP contribution in [0.4, 0.5) is 0 Å². The molecule has 4 N–H and O–H groups in total. The third kappa shape index (κ3) is 5.78. The number of rotatable bonds is 9. The van der Waals surface area contributed by atoms with Crippen molar-refractivity contribution in [2.45, 2.75) is 72.5 Å². The molecule has 3 aliphatic rings. The van der Waals surface area contributed by atoms with Crippen molar-refractivity contribution in [1.82, 2.24) is 25.8 Å². The van der Waals surface area contributed by atoms with E-state index in [-0.39, 0.29) is 47.1 Å². The molecular formula is C32H42ClN5O5. The number of H-pyrrole nitrogens is 1. The molecule has 2 aliphatic heterocycles. The number of carbonyl (C=O) groups excluding carboxylic acids is 5. The molecule has 6 atom stereocenters. The standard InChI is InChI=1S/C32H42ClN5O5/c1-16-8-7-9-20-18(16)13-22(35-20)28(41)37-26(31(2,3)4)30(43)38-15-19-24(32(19,5)6)25(38)29(42)36-21(23(39)14-33)12-17-10-11-34-27(17)40/h7-9,13,17,19,21,24-26,35H,10-12,14-15H2,1-6H3,(H,34,40)(H,36,42)(H,37,41)/t17-,19-,21-,24-,25-,26+/m0/s1. The fraction of sp³-hybridized carbons (Fsp3) is 0.594. The molecule has 3 heterocycles. The van der Waals surface area contributed by atoms with E-state index in [1.54, 1.807) is 11.0 Å². The van der Waals surface area contributed by atoms with Gasteiger partial charge in [0.15, 0.2) is 5.78 Å². The van der Waals surface area contributed by atoms with Crippen molar-refractivity contribution >= 4 is 51.9 Å². The van der Waals surface area contributed by atoms with Crippen LogP contribution in [0, 0.1) is 35.5 Å². The van der Waals surface area contributed by atoms with E-state index in [1.165, 1.54) is 0 Å². The lowest BCUT2D eigenvalue weighted by Gasteiger charge is -2.38.